The van der Waals surface area contributed by atoms with Gasteiger partial charge in [-0.15, -0.1) is 11.3 Å². The molecular weight excluding hydrogens is 220 g/mol. The second-order valence-electron chi connectivity index (χ2n) is 3.37. The summed E-state index contributed by atoms with van der Waals surface area (Å²) in [6.07, 6.45) is 2.72. The minimum atomic E-state index is 0.490. The molecule has 0 saturated carbocycles. The second-order valence-corrected chi connectivity index (χ2v) is 4.32. The number of hydrogen-bond acceptors (Lipinski definition) is 3. The first-order valence-electron chi connectivity index (χ1n) is 4.86. The molecule has 4 heteroatoms. The van der Waals surface area contributed by atoms with E-state index in [-0.39, 0.29) is 0 Å². The zero-order chi connectivity index (χ0) is 11.0. The normalized spacial score (nSPS) is 10.8. The first-order valence-corrected chi connectivity index (χ1v) is 5.74. The third-order valence-electron chi connectivity index (χ3n) is 2.43. The molecule has 3 heterocycles. The Morgan fingerprint density at radius 1 is 1.25 bits per heavy atom. The van der Waals surface area contributed by atoms with E-state index >= 15 is 0 Å². The molecule has 3 rings (SSSR count). The van der Waals surface area contributed by atoms with Crippen LogP contribution in [0.15, 0.2) is 41.9 Å². The molecule has 3 aromatic rings. The van der Waals surface area contributed by atoms with Crippen LogP contribution in [-0.2, 0) is 0 Å². The molecule has 0 fully saturated rings. The van der Waals surface area contributed by atoms with Gasteiger partial charge in [-0.05, 0) is 23.6 Å². The lowest BCUT2D eigenvalue weighted by Crippen LogP contribution is -1.85. The van der Waals surface area contributed by atoms with Crippen molar-refractivity contribution in [3.8, 4) is 10.7 Å². The summed E-state index contributed by atoms with van der Waals surface area (Å²) in [6.45, 7) is 0. The standard InChI is InChI=1S/C12H8N2OS/c15-8-9-10-4-1-2-6-14(10)12(13-9)11-5-3-7-16-11/h1-8H. The number of pyridine rings is 1. The number of aromatic nitrogens is 2. The molecule has 0 aliphatic heterocycles. The van der Waals surface area contributed by atoms with E-state index in [1.165, 1.54) is 0 Å². The van der Waals surface area contributed by atoms with E-state index in [4.69, 9.17) is 0 Å². The Morgan fingerprint density at radius 2 is 2.19 bits per heavy atom. The number of carbonyl (C=O) groups is 1. The van der Waals surface area contributed by atoms with E-state index in [9.17, 15) is 4.79 Å². The van der Waals surface area contributed by atoms with Gasteiger partial charge in [0.2, 0.25) is 0 Å². The number of aldehydes is 1. The largest absolute Gasteiger partial charge is 0.298 e. The Balaban J connectivity index is 2.37. The Bertz CT molecular complexity index is 640. The number of carbonyl (C=O) groups excluding carboxylic acids is 1. The molecular formula is C12H8N2OS. The van der Waals surface area contributed by atoms with E-state index in [0.717, 1.165) is 22.5 Å². The van der Waals surface area contributed by atoms with Gasteiger partial charge in [0.25, 0.3) is 0 Å². The summed E-state index contributed by atoms with van der Waals surface area (Å²) in [7, 11) is 0. The highest BCUT2D eigenvalue weighted by Gasteiger charge is 2.11. The van der Waals surface area contributed by atoms with Crippen LogP contribution in [-0.4, -0.2) is 15.7 Å². The number of rotatable bonds is 2. The highest BCUT2D eigenvalue weighted by Crippen LogP contribution is 2.25. The molecule has 16 heavy (non-hydrogen) atoms. The van der Waals surface area contributed by atoms with E-state index < -0.39 is 0 Å². The molecule has 0 unspecified atom stereocenters. The van der Waals surface area contributed by atoms with Crippen LogP contribution in [0.5, 0.6) is 0 Å². The Kier molecular flexibility index (Phi) is 2.08. The lowest BCUT2D eigenvalue weighted by Gasteiger charge is -1.96. The zero-order valence-electron chi connectivity index (χ0n) is 8.33. The van der Waals surface area contributed by atoms with Gasteiger partial charge in [-0.25, -0.2) is 4.98 Å². The van der Waals surface area contributed by atoms with E-state index in [1.54, 1.807) is 11.3 Å². The number of hydrogen-bond donors (Lipinski definition) is 0. The molecule has 3 aromatic heterocycles. The SMILES string of the molecule is O=Cc1nc(-c2cccs2)n2ccccc12. The van der Waals surface area contributed by atoms with Gasteiger partial charge in [0.15, 0.2) is 12.1 Å². The summed E-state index contributed by atoms with van der Waals surface area (Å²) in [5.41, 5.74) is 1.34. The summed E-state index contributed by atoms with van der Waals surface area (Å²) in [6, 6.07) is 9.71. The van der Waals surface area contributed by atoms with Gasteiger partial charge < -0.3 is 0 Å². The molecule has 0 N–H and O–H groups in total. The Labute approximate surface area is 96.0 Å². The van der Waals surface area contributed by atoms with Crippen LogP contribution in [0.2, 0.25) is 0 Å². The van der Waals surface area contributed by atoms with Crippen molar-refractivity contribution in [3.63, 3.8) is 0 Å². The average molecular weight is 228 g/mol. The van der Waals surface area contributed by atoms with Gasteiger partial charge in [0, 0.05) is 6.20 Å². The van der Waals surface area contributed by atoms with Crippen molar-refractivity contribution in [2.45, 2.75) is 0 Å². The van der Waals surface area contributed by atoms with Crippen LogP contribution < -0.4 is 0 Å². The van der Waals surface area contributed by atoms with Crippen LogP contribution in [0.4, 0.5) is 0 Å². The van der Waals surface area contributed by atoms with E-state index in [1.807, 2.05) is 46.3 Å². The zero-order valence-corrected chi connectivity index (χ0v) is 9.15. The van der Waals surface area contributed by atoms with Crippen molar-refractivity contribution in [2.24, 2.45) is 0 Å². The summed E-state index contributed by atoms with van der Waals surface area (Å²) < 4.78 is 1.94. The first kappa shape index (κ1) is 9.30. The summed E-state index contributed by atoms with van der Waals surface area (Å²) in [5.74, 6) is 0.827. The van der Waals surface area contributed by atoms with Crippen molar-refractivity contribution in [1.29, 1.82) is 0 Å². The molecule has 0 aliphatic carbocycles. The van der Waals surface area contributed by atoms with Gasteiger partial charge in [0.05, 0.1) is 10.4 Å². The van der Waals surface area contributed by atoms with Gasteiger partial charge in [-0.2, -0.15) is 0 Å². The van der Waals surface area contributed by atoms with Crippen LogP contribution in [0.25, 0.3) is 16.2 Å². The minimum absolute atomic E-state index is 0.490. The maximum atomic E-state index is 10.9. The predicted molar refractivity (Wildman–Crippen MR) is 63.9 cm³/mol. The second kappa shape index (κ2) is 3.57. The number of nitrogens with zero attached hydrogens (tertiary/aromatic N) is 2. The molecule has 0 aromatic carbocycles. The fourth-order valence-electron chi connectivity index (χ4n) is 1.73. The molecule has 0 amide bonds. The van der Waals surface area contributed by atoms with Crippen molar-refractivity contribution < 1.29 is 4.79 Å². The highest BCUT2D eigenvalue weighted by atomic mass is 32.1. The lowest BCUT2D eigenvalue weighted by atomic mass is 10.3. The van der Waals surface area contributed by atoms with E-state index in [2.05, 4.69) is 4.98 Å². The maximum absolute atomic E-state index is 10.9. The van der Waals surface area contributed by atoms with Gasteiger partial charge >= 0.3 is 0 Å². The smallest absolute Gasteiger partial charge is 0.170 e. The van der Waals surface area contributed by atoms with Crippen molar-refractivity contribution in [3.05, 3.63) is 47.6 Å². The van der Waals surface area contributed by atoms with Gasteiger partial charge in [0.1, 0.15) is 5.69 Å². The van der Waals surface area contributed by atoms with Crippen LogP contribution in [0.1, 0.15) is 10.5 Å². The summed E-state index contributed by atoms with van der Waals surface area (Å²) in [4.78, 5) is 16.4. The fourth-order valence-corrected chi connectivity index (χ4v) is 2.44. The highest BCUT2D eigenvalue weighted by molar-refractivity contribution is 7.13. The lowest BCUT2D eigenvalue weighted by molar-refractivity contribution is 0.112. The summed E-state index contributed by atoms with van der Waals surface area (Å²) in [5, 5.41) is 2.00. The van der Waals surface area contributed by atoms with Crippen molar-refractivity contribution in [1.82, 2.24) is 9.38 Å². The Morgan fingerprint density at radius 3 is 2.94 bits per heavy atom. The molecule has 0 saturated heterocycles. The monoisotopic (exact) mass is 228 g/mol. The number of imidazole rings is 1. The van der Waals surface area contributed by atoms with Crippen molar-refractivity contribution in [2.75, 3.05) is 0 Å². The van der Waals surface area contributed by atoms with Gasteiger partial charge in [-0.1, -0.05) is 12.1 Å². The number of thiophene rings is 1. The van der Waals surface area contributed by atoms with Crippen LogP contribution in [0, 0.1) is 0 Å². The molecule has 3 nitrogen and oxygen atoms in total. The van der Waals surface area contributed by atoms with Gasteiger partial charge in [-0.3, -0.25) is 9.20 Å². The predicted octanol–water partition coefficient (Wildman–Crippen LogP) is 2.88. The number of fused-ring (bicyclic) bond motifs is 1. The van der Waals surface area contributed by atoms with Crippen molar-refractivity contribution >= 4 is 23.1 Å². The quantitative estimate of drug-likeness (QED) is 0.632. The molecule has 0 aliphatic rings. The fraction of sp³-hybridized carbons (Fsp3) is 0. The third-order valence-corrected chi connectivity index (χ3v) is 3.30. The Hall–Kier alpha value is -1.94. The molecule has 78 valence electrons. The topological polar surface area (TPSA) is 34.4 Å². The summed E-state index contributed by atoms with van der Waals surface area (Å²) >= 11 is 1.62. The maximum Gasteiger partial charge on any atom is 0.170 e. The third kappa shape index (κ3) is 1.27. The minimum Gasteiger partial charge on any atom is -0.298 e. The molecule has 0 atom stereocenters. The first-order chi connectivity index (χ1) is 7.90. The molecule has 0 bridgehead atoms. The van der Waals surface area contributed by atoms with Crippen LogP contribution >= 0.6 is 11.3 Å². The molecule has 0 radical (unpaired) electrons. The average Bonchev–Trinajstić information content (AvgIpc) is 2.95. The van der Waals surface area contributed by atoms with E-state index in [0.29, 0.717) is 5.69 Å². The van der Waals surface area contributed by atoms with Crippen LogP contribution in [0.3, 0.4) is 0 Å². The molecule has 0 spiro atoms.